The number of pyridine rings is 1. The number of H-pyrrole nitrogens is 1. The van der Waals surface area contributed by atoms with Crippen LogP contribution < -0.4 is 10.1 Å². The van der Waals surface area contributed by atoms with Gasteiger partial charge in [-0.2, -0.15) is 0 Å². The van der Waals surface area contributed by atoms with E-state index in [4.69, 9.17) is 4.74 Å². The Morgan fingerprint density at radius 3 is 2.77 bits per heavy atom. The van der Waals surface area contributed by atoms with Crippen LogP contribution in [0, 0.1) is 5.82 Å². The molecule has 4 rings (SSSR count). The summed E-state index contributed by atoms with van der Waals surface area (Å²) in [5.41, 5.74) is 2.16. The summed E-state index contributed by atoms with van der Waals surface area (Å²) in [7, 11) is 1.86. The second kappa shape index (κ2) is 8.75. The van der Waals surface area contributed by atoms with Gasteiger partial charge in [0.15, 0.2) is 11.6 Å². The predicted molar refractivity (Wildman–Crippen MR) is 114 cm³/mol. The number of nitrogens with one attached hydrogen (secondary N) is 2. The molecular weight excluding hydrogens is 383 g/mol. The summed E-state index contributed by atoms with van der Waals surface area (Å²) in [5, 5.41) is 3.48. The highest BCUT2D eigenvalue weighted by Gasteiger charge is 2.12. The first-order chi connectivity index (χ1) is 14.6. The zero-order valence-electron chi connectivity index (χ0n) is 16.4. The highest BCUT2D eigenvalue weighted by atomic mass is 19.1. The van der Waals surface area contributed by atoms with E-state index in [-0.39, 0.29) is 18.2 Å². The Labute approximate surface area is 173 Å². The maximum atomic E-state index is 14.6. The van der Waals surface area contributed by atoms with Crippen LogP contribution in [0.25, 0.3) is 11.0 Å². The molecule has 4 aromatic rings. The second-order valence-electron chi connectivity index (χ2n) is 7.00. The van der Waals surface area contributed by atoms with Crippen molar-refractivity contribution < 1.29 is 13.9 Å². The lowest BCUT2D eigenvalue weighted by Crippen LogP contribution is -2.29. The monoisotopic (exact) mass is 404 g/mol. The van der Waals surface area contributed by atoms with Crippen LogP contribution in [0.2, 0.25) is 0 Å². The summed E-state index contributed by atoms with van der Waals surface area (Å²) in [4.78, 5) is 21.4. The minimum absolute atomic E-state index is 0.0721. The van der Waals surface area contributed by atoms with Crippen molar-refractivity contribution in [2.45, 2.75) is 6.54 Å². The van der Waals surface area contributed by atoms with Gasteiger partial charge in [0.2, 0.25) is 5.91 Å². The standard InChI is InChI=1S/C23H21FN4O2/c1-28(14-16-5-3-2-4-6-16)15-22(29)27-17-7-8-21(19(24)13-17)30-20-10-12-26-23-18(20)9-11-25-23/h2-13H,14-15H2,1H3,(H,25,26)(H,27,29). The van der Waals surface area contributed by atoms with Gasteiger partial charge in [-0.15, -0.1) is 0 Å². The van der Waals surface area contributed by atoms with E-state index in [1.54, 1.807) is 24.5 Å². The highest BCUT2D eigenvalue weighted by molar-refractivity contribution is 5.92. The lowest BCUT2D eigenvalue weighted by molar-refractivity contribution is -0.117. The second-order valence-corrected chi connectivity index (χ2v) is 7.00. The van der Waals surface area contributed by atoms with E-state index in [9.17, 15) is 9.18 Å². The molecule has 152 valence electrons. The smallest absolute Gasteiger partial charge is 0.238 e. The van der Waals surface area contributed by atoms with Crippen LogP contribution in [0.3, 0.4) is 0 Å². The van der Waals surface area contributed by atoms with Crippen molar-refractivity contribution in [2.24, 2.45) is 0 Å². The zero-order chi connectivity index (χ0) is 20.9. The fourth-order valence-electron chi connectivity index (χ4n) is 3.20. The van der Waals surface area contributed by atoms with E-state index in [1.165, 1.54) is 12.1 Å². The van der Waals surface area contributed by atoms with Gasteiger partial charge in [-0.25, -0.2) is 9.37 Å². The molecule has 0 aliphatic carbocycles. The number of carbonyl (C=O) groups excluding carboxylic acids is 1. The van der Waals surface area contributed by atoms with Crippen molar-refractivity contribution in [3.8, 4) is 11.5 Å². The largest absolute Gasteiger partial charge is 0.453 e. The van der Waals surface area contributed by atoms with Gasteiger partial charge < -0.3 is 15.0 Å². The molecule has 0 fully saturated rings. The van der Waals surface area contributed by atoms with Gasteiger partial charge in [0.1, 0.15) is 11.4 Å². The third kappa shape index (κ3) is 4.64. The summed E-state index contributed by atoms with van der Waals surface area (Å²) in [6.45, 7) is 0.839. The third-order valence-corrected chi connectivity index (χ3v) is 4.56. The first-order valence-electron chi connectivity index (χ1n) is 9.50. The summed E-state index contributed by atoms with van der Waals surface area (Å²) < 4.78 is 20.3. The molecule has 0 atom stereocenters. The van der Waals surface area contributed by atoms with Crippen LogP contribution in [0.15, 0.2) is 73.1 Å². The number of amides is 1. The third-order valence-electron chi connectivity index (χ3n) is 4.56. The van der Waals surface area contributed by atoms with Gasteiger partial charge >= 0.3 is 0 Å². The van der Waals surface area contributed by atoms with E-state index in [2.05, 4.69) is 15.3 Å². The normalized spacial score (nSPS) is 11.0. The summed E-state index contributed by atoms with van der Waals surface area (Å²) in [6, 6.07) is 17.7. The molecular formula is C23H21FN4O2. The molecule has 6 nitrogen and oxygen atoms in total. The van der Waals surface area contributed by atoms with Crippen LogP contribution in [-0.4, -0.2) is 34.4 Å². The van der Waals surface area contributed by atoms with Gasteiger partial charge in [-0.05, 0) is 36.9 Å². The Bertz CT molecular complexity index is 1160. The molecule has 30 heavy (non-hydrogen) atoms. The number of anilines is 1. The molecule has 0 saturated carbocycles. The molecule has 0 bridgehead atoms. The Morgan fingerprint density at radius 2 is 1.97 bits per heavy atom. The lowest BCUT2D eigenvalue weighted by atomic mass is 10.2. The molecule has 2 heterocycles. The number of fused-ring (bicyclic) bond motifs is 1. The van der Waals surface area contributed by atoms with Gasteiger partial charge in [-0.1, -0.05) is 30.3 Å². The predicted octanol–water partition coefficient (Wildman–Crippen LogP) is 4.56. The Balaban J connectivity index is 1.38. The van der Waals surface area contributed by atoms with Crippen molar-refractivity contribution in [3.63, 3.8) is 0 Å². The molecule has 1 amide bonds. The summed E-state index contributed by atoms with van der Waals surface area (Å²) in [6.07, 6.45) is 3.33. The molecule has 0 aliphatic rings. The van der Waals surface area contributed by atoms with E-state index in [1.807, 2.05) is 48.3 Å². The van der Waals surface area contributed by atoms with Crippen molar-refractivity contribution in [3.05, 3.63) is 84.4 Å². The molecule has 2 aromatic carbocycles. The van der Waals surface area contributed by atoms with Crippen LogP contribution >= 0.6 is 0 Å². The SMILES string of the molecule is CN(CC(=O)Nc1ccc(Oc2ccnc3[nH]ccc23)c(F)c1)Cc1ccccc1. The van der Waals surface area contributed by atoms with E-state index < -0.39 is 5.82 Å². The fourth-order valence-corrected chi connectivity index (χ4v) is 3.20. The van der Waals surface area contributed by atoms with Crippen LogP contribution in [0.4, 0.5) is 10.1 Å². The number of benzene rings is 2. The molecule has 0 radical (unpaired) electrons. The van der Waals surface area contributed by atoms with Crippen molar-refractivity contribution in [1.82, 2.24) is 14.9 Å². The topological polar surface area (TPSA) is 70.2 Å². The minimum atomic E-state index is -0.564. The Hall–Kier alpha value is -3.71. The molecule has 2 aromatic heterocycles. The Kier molecular flexibility index (Phi) is 5.72. The molecule has 0 saturated heterocycles. The number of aromatic nitrogens is 2. The number of nitrogens with zero attached hydrogens (tertiary/aromatic N) is 2. The zero-order valence-corrected chi connectivity index (χ0v) is 16.4. The number of aromatic amines is 1. The molecule has 7 heteroatoms. The lowest BCUT2D eigenvalue weighted by Gasteiger charge is -2.16. The quantitative estimate of drug-likeness (QED) is 0.474. The van der Waals surface area contributed by atoms with Gasteiger partial charge in [0, 0.05) is 30.7 Å². The number of hydrogen-bond donors (Lipinski definition) is 2. The van der Waals surface area contributed by atoms with Crippen molar-refractivity contribution in [2.75, 3.05) is 18.9 Å². The first kappa shape index (κ1) is 19.6. The van der Waals surface area contributed by atoms with Gasteiger partial charge in [-0.3, -0.25) is 9.69 Å². The average Bonchev–Trinajstić information content (AvgIpc) is 3.20. The van der Waals surface area contributed by atoms with Crippen LogP contribution in [0.5, 0.6) is 11.5 Å². The summed E-state index contributed by atoms with van der Waals surface area (Å²) in [5.74, 6) is -0.210. The molecule has 0 aliphatic heterocycles. The number of carbonyl (C=O) groups is 1. The number of hydrogen-bond acceptors (Lipinski definition) is 4. The average molecular weight is 404 g/mol. The van der Waals surface area contributed by atoms with E-state index in [0.29, 0.717) is 23.6 Å². The number of likely N-dealkylation sites (N-methyl/N-ethyl adjacent to an activating group) is 1. The van der Waals surface area contributed by atoms with Crippen molar-refractivity contribution in [1.29, 1.82) is 0 Å². The summed E-state index contributed by atoms with van der Waals surface area (Å²) >= 11 is 0. The maximum Gasteiger partial charge on any atom is 0.238 e. The molecule has 0 unspecified atom stereocenters. The number of ether oxygens (including phenoxy) is 1. The van der Waals surface area contributed by atoms with Crippen LogP contribution in [0.1, 0.15) is 5.56 Å². The van der Waals surface area contributed by atoms with Crippen LogP contribution in [-0.2, 0) is 11.3 Å². The Morgan fingerprint density at radius 1 is 1.13 bits per heavy atom. The van der Waals surface area contributed by atoms with Gasteiger partial charge in [0.05, 0.1) is 11.9 Å². The number of halogens is 1. The first-order valence-corrected chi connectivity index (χ1v) is 9.50. The van der Waals surface area contributed by atoms with Crippen molar-refractivity contribution >= 4 is 22.6 Å². The maximum absolute atomic E-state index is 14.6. The molecule has 0 spiro atoms. The minimum Gasteiger partial charge on any atom is -0.453 e. The molecule has 2 N–H and O–H groups in total. The number of rotatable bonds is 7. The van der Waals surface area contributed by atoms with E-state index in [0.717, 1.165) is 10.9 Å². The van der Waals surface area contributed by atoms with E-state index >= 15 is 0 Å². The fraction of sp³-hybridized carbons (Fsp3) is 0.130. The van der Waals surface area contributed by atoms with Gasteiger partial charge in [0.25, 0.3) is 0 Å². The highest BCUT2D eigenvalue weighted by Crippen LogP contribution is 2.31.